The van der Waals surface area contributed by atoms with Crippen molar-refractivity contribution < 1.29 is 9.47 Å². The van der Waals surface area contributed by atoms with Crippen LogP contribution in [0.1, 0.15) is 24.1 Å². The number of methoxy groups -OCH3 is 2. The van der Waals surface area contributed by atoms with E-state index < -0.39 is 0 Å². The van der Waals surface area contributed by atoms with Crippen LogP contribution in [0.4, 0.5) is 5.82 Å². The van der Waals surface area contributed by atoms with Gasteiger partial charge in [-0.15, -0.1) is 0 Å². The van der Waals surface area contributed by atoms with Crippen LogP contribution >= 0.6 is 0 Å². The topological polar surface area (TPSA) is 50.7 Å². The molecule has 27 heavy (non-hydrogen) atoms. The summed E-state index contributed by atoms with van der Waals surface area (Å²) < 4.78 is 10.7. The summed E-state index contributed by atoms with van der Waals surface area (Å²) >= 11 is 0. The fourth-order valence-corrected chi connectivity index (χ4v) is 3.74. The molecule has 0 N–H and O–H groups in total. The van der Waals surface area contributed by atoms with E-state index >= 15 is 0 Å². The summed E-state index contributed by atoms with van der Waals surface area (Å²) in [6.45, 7) is 5.10. The summed E-state index contributed by atoms with van der Waals surface area (Å²) in [5.74, 6) is 2.59. The van der Waals surface area contributed by atoms with Gasteiger partial charge < -0.3 is 19.3 Å². The van der Waals surface area contributed by atoms with Gasteiger partial charge in [0.05, 0.1) is 19.9 Å². The molecule has 0 amide bonds. The molecule has 1 saturated heterocycles. The van der Waals surface area contributed by atoms with E-state index in [4.69, 9.17) is 9.47 Å². The van der Waals surface area contributed by atoms with Crippen LogP contribution in [0, 0.1) is 6.92 Å². The summed E-state index contributed by atoms with van der Waals surface area (Å²) in [5.41, 5.74) is 2.27. The third-order valence-corrected chi connectivity index (χ3v) is 5.38. The molecule has 2 heterocycles. The van der Waals surface area contributed by atoms with Gasteiger partial charge in [-0.3, -0.25) is 4.98 Å². The molecule has 0 unspecified atom stereocenters. The molecular weight excluding hydrogens is 340 g/mol. The summed E-state index contributed by atoms with van der Waals surface area (Å²) in [6, 6.07) is 6.70. The first-order chi connectivity index (χ1) is 13.1. The number of ether oxygens (including phenoxy) is 2. The Hall–Kier alpha value is -2.34. The minimum atomic E-state index is 0.528. The third kappa shape index (κ3) is 4.69. The highest BCUT2D eigenvalue weighted by Crippen LogP contribution is 2.28. The molecular formula is C21H30N4O2. The number of piperidine rings is 1. The normalized spacial score (nSPS) is 17.2. The number of anilines is 1. The molecule has 1 aromatic carbocycles. The van der Waals surface area contributed by atoms with E-state index in [1.807, 2.05) is 13.0 Å². The molecule has 1 aliphatic heterocycles. The van der Waals surface area contributed by atoms with Gasteiger partial charge in [0.25, 0.3) is 0 Å². The van der Waals surface area contributed by atoms with Gasteiger partial charge in [0.1, 0.15) is 5.82 Å². The number of likely N-dealkylation sites (N-methyl/N-ethyl adjacent to an activating group) is 1. The predicted octanol–water partition coefficient (Wildman–Crippen LogP) is 2.95. The second kappa shape index (κ2) is 9.04. The number of nitrogens with zero attached hydrogens (tertiary/aromatic N) is 4. The van der Waals surface area contributed by atoms with Crippen LogP contribution in [-0.4, -0.2) is 61.8 Å². The number of benzene rings is 1. The van der Waals surface area contributed by atoms with E-state index in [0.717, 1.165) is 49.1 Å². The van der Waals surface area contributed by atoms with E-state index in [0.29, 0.717) is 6.04 Å². The van der Waals surface area contributed by atoms with Gasteiger partial charge in [-0.2, -0.15) is 0 Å². The average Bonchev–Trinajstić information content (AvgIpc) is 2.72. The zero-order chi connectivity index (χ0) is 19.2. The van der Waals surface area contributed by atoms with Crippen LogP contribution in [-0.2, 0) is 6.42 Å². The van der Waals surface area contributed by atoms with Crippen LogP contribution in [0.15, 0.2) is 30.6 Å². The first-order valence-electron chi connectivity index (χ1n) is 9.56. The largest absolute Gasteiger partial charge is 0.493 e. The van der Waals surface area contributed by atoms with Crippen molar-refractivity contribution in [3.05, 3.63) is 41.9 Å². The van der Waals surface area contributed by atoms with Gasteiger partial charge in [0.15, 0.2) is 11.5 Å². The maximum absolute atomic E-state index is 5.42. The van der Waals surface area contributed by atoms with Gasteiger partial charge in [-0.25, -0.2) is 4.98 Å². The second-order valence-corrected chi connectivity index (χ2v) is 7.13. The minimum Gasteiger partial charge on any atom is -0.493 e. The van der Waals surface area contributed by atoms with Crippen molar-refractivity contribution >= 4 is 5.82 Å². The van der Waals surface area contributed by atoms with E-state index in [1.165, 1.54) is 18.4 Å². The Morgan fingerprint density at radius 3 is 2.67 bits per heavy atom. The molecule has 0 bridgehead atoms. The fraction of sp³-hybridized carbons (Fsp3) is 0.524. The molecule has 146 valence electrons. The summed E-state index contributed by atoms with van der Waals surface area (Å²) in [6.07, 6.45) is 6.93. The quantitative estimate of drug-likeness (QED) is 0.747. The Labute approximate surface area is 162 Å². The molecule has 6 heteroatoms. The van der Waals surface area contributed by atoms with Crippen molar-refractivity contribution in [2.24, 2.45) is 0 Å². The second-order valence-electron chi connectivity index (χ2n) is 7.13. The summed E-state index contributed by atoms with van der Waals surface area (Å²) in [7, 11) is 5.57. The predicted molar refractivity (Wildman–Crippen MR) is 108 cm³/mol. The Balaban J connectivity index is 1.59. The van der Waals surface area contributed by atoms with Crippen LogP contribution in [0.5, 0.6) is 11.5 Å². The zero-order valence-electron chi connectivity index (χ0n) is 16.8. The Morgan fingerprint density at radius 2 is 1.93 bits per heavy atom. The van der Waals surface area contributed by atoms with Crippen molar-refractivity contribution in [3.63, 3.8) is 0 Å². The molecule has 0 aliphatic carbocycles. The highest BCUT2D eigenvalue weighted by molar-refractivity contribution is 5.43. The van der Waals surface area contributed by atoms with Crippen LogP contribution in [0.2, 0.25) is 0 Å². The number of rotatable bonds is 7. The number of aryl methyl sites for hydroxylation is 1. The lowest BCUT2D eigenvalue weighted by atomic mass is 10.0. The molecule has 0 radical (unpaired) electrons. The molecule has 1 atom stereocenters. The molecule has 0 saturated carbocycles. The van der Waals surface area contributed by atoms with E-state index in [1.54, 1.807) is 26.6 Å². The van der Waals surface area contributed by atoms with Crippen LogP contribution in [0.25, 0.3) is 0 Å². The van der Waals surface area contributed by atoms with Crippen molar-refractivity contribution in [3.8, 4) is 11.5 Å². The third-order valence-electron chi connectivity index (χ3n) is 5.38. The number of hydrogen-bond acceptors (Lipinski definition) is 6. The molecule has 6 nitrogen and oxygen atoms in total. The maximum Gasteiger partial charge on any atom is 0.160 e. The number of hydrogen-bond donors (Lipinski definition) is 0. The summed E-state index contributed by atoms with van der Waals surface area (Å²) in [5, 5.41) is 0. The SMILES string of the molecule is COc1ccc(CCN(C)[C@@H]2CCCN(c3nccnc3C)C2)cc1OC. The van der Waals surface area contributed by atoms with Crippen molar-refractivity contribution in [1.29, 1.82) is 0 Å². The van der Waals surface area contributed by atoms with E-state index in [9.17, 15) is 0 Å². The molecule has 3 rings (SSSR count). The first kappa shape index (κ1) is 19.4. The Morgan fingerprint density at radius 1 is 1.15 bits per heavy atom. The van der Waals surface area contributed by atoms with E-state index in [-0.39, 0.29) is 0 Å². The fourth-order valence-electron chi connectivity index (χ4n) is 3.74. The van der Waals surface area contributed by atoms with Gasteiger partial charge in [0, 0.05) is 38.1 Å². The highest BCUT2D eigenvalue weighted by Gasteiger charge is 2.25. The van der Waals surface area contributed by atoms with Gasteiger partial charge in [0.2, 0.25) is 0 Å². The zero-order valence-corrected chi connectivity index (χ0v) is 16.8. The lowest BCUT2D eigenvalue weighted by molar-refractivity contribution is 0.217. The summed E-state index contributed by atoms with van der Waals surface area (Å²) in [4.78, 5) is 13.8. The number of aromatic nitrogens is 2. The monoisotopic (exact) mass is 370 g/mol. The van der Waals surface area contributed by atoms with Crippen LogP contribution < -0.4 is 14.4 Å². The van der Waals surface area contributed by atoms with Crippen molar-refractivity contribution in [2.75, 3.05) is 45.8 Å². The molecule has 0 spiro atoms. The van der Waals surface area contributed by atoms with Crippen molar-refractivity contribution in [1.82, 2.24) is 14.9 Å². The maximum atomic E-state index is 5.42. The van der Waals surface area contributed by atoms with E-state index in [2.05, 4.69) is 38.9 Å². The van der Waals surface area contributed by atoms with Crippen molar-refractivity contribution in [2.45, 2.75) is 32.2 Å². The lowest BCUT2D eigenvalue weighted by Crippen LogP contribution is -2.47. The van der Waals surface area contributed by atoms with Gasteiger partial charge in [-0.05, 0) is 50.9 Å². The van der Waals surface area contributed by atoms with Gasteiger partial charge >= 0.3 is 0 Å². The molecule has 1 fully saturated rings. The minimum absolute atomic E-state index is 0.528. The molecule has 2 aromatic rings. The smallest absolute Gasteiger partial charge is 0.160 e. The standard InChI is InChI=1S/C21H30N4O2/c1-16-21(23-11-10-22-16)25-12-5-6-18(15-25)24(2)13-9-17-7-8-19(26-3)20(14-17)27-4/h7-8,10-11,14,18H,5-6,9,12-13,15H2,1-4H3/t18-/m1/s1. The Kier molecular flexibility index (Phi) is 6.50. The van der Waals surface area contributed by atoms with Gasteiger partial charge in [-0.1, -0.05) is 6.07 Å². The average molecular weight is 370 g/mol. The molecule has 1 aromatic heterocycles. The first-order valence-corrected chi connectivity index (χ1v) is 9.56. The highest BCUT2D eigenvalue weighted by atomic mass is 16.5. The molecule has 1 aliphatic rings. The lowest BCUT2D eigenvalue weighted by Gasteiger charge is -2.38. The Bertz CT molecular complexity index is 753. The van der Waals surface area contributed by atoms with Crippen LogP contribution in [0.3, 0.4) is 0 Å².